The van der Waals surface area contributed by atoms with Crippen molar-refractivity contribution >= 4 is 25.6 Å². The standard InChI is InChI=1S/C14H18ClNO3S/c1-4-16(12-5-6-12)14(17)11-7-9(2)10(3)13(8-11)20(15,18)19/h7-8,12H,4-6H2,1-3H3. The number of hydrogen-bond acceptors (Lipinski definition) is 3. The highest BCUT2D eigenvalue weighted by atomic mass is 35.7. The van der Waals surface area contributed by atoms with Crippen LogP contribution >= 0.6 is 10.7 Å². The Kier molecular flexibility index (Phi) is 4.12. The van der Waals surface area contributed by atoms with Crippen molar-refractivity contribution in [1.82, 2.24) is 4.90 Å². The van der Waals surface area contributed by atoms with Crippen LogP contribution in [0.1, 0.15) is 41.3 Å². The highest BCUT2D eigenvalue weighted by Crippen LogP contribution is 2.30. The molecule has 0 heterocycles. The first-order chi connectivity index (χ1) is 9.25. The molecule has 4 nitrogen and oxygen atoms in total. The summed E-state index contributed by atoms with van der Waals surface area (Å²) in [4.78, 5) is 14.3. The van der Waals surface area contributed by atoms with Gasteiger partial charge in [-0.25, -0.2) is 8.42 Å². The molecule has 0 unspecified atom stereocenters. The predicted molar refractivity (Wildman–Crippen MR) is 78.7 cm³/mol. The van der Waals surface area contributed by atoms with Gasteiger partial charge in [-0.3, -0.25) is 4.79 Å². The Morgan fingerprint density at radius 3 is 2.40 bits per heavy atom. The van der Waals surface area contributed by atoms with E-state index in [2.05, 4.69) is 0 Å². The van der Waals surface area contributed by atoms with E-state index in [-0.39, 0.29) is 10.8 Å². The lowest BCUT2D eigenvalue weighted by Crippen LogP contribution is -2.33. The molecule has 1 amide bonds. The third-order valence-electron chi connectivity index (χ3n) is 3.72. The Hall–Kier alpha value is -1.07. The molecule has 0 atom stereocenters. The van der Waals surface area contributed by atoms with Gasteiger partial charge in [0.05, 0.1) is 4.90 Å². The summed E-state index contributed by atoms with van der Waals surface area (Å²) in [6.45, 7) is 6.03. The van der Waals surface area contributed by atoms with Crippen molar-refractivity contribution in [1.29, 1.82) is 0 Å². The van der Waals surface area contributed by atoms with Gasteiger partial charge in [-0.2, -0.15) is 0 Å². The fourth-order valence-corrected chi connectivity index (χ4v) is 3.60. The topological polar surface area (TPSA) is 54.5 Å². The highest BCUT2D eigenvalue weighted by molar-refractivity contribution is 8.13. The normalized spacial score (nSPS) is 15.2. The molecule has 0 bridgehead atoms. The predicted octanol–water partition coefficient (Wildman–Crippen LogP) is 2.86. The van der Waals surface area contributed by atoms with Gasteiger partial charge in [0.1, 0.15) is 0 Å². The third kappa shape index (κ3) is 2.99. The molecule has 6 heteroatoms. The molecule has 20 heavy (non-hydrogen) atoms. The number of nitrogens with zero attached hydrogens (tertiary/aromatic N) is 1. The van der Waals surface area contributed by atoms with Crippen molar-refractivity contribution < 1.29 is 13.2 Å². The minimum Gasteiger partial charge on any atom is -0.336 e. The van der Waals surface area contributed by atoms with Gasteiger partial charge in [0.25, 0.3) is 15.0 Å². The molecule has 1 aliphatic carbocycles. The van der Waals surface area contributed by atoms with E-state index in [1.165, 1.54) is 6.07 Å². The van der Waals surface area contributed by atoms with Gasteiger partial charge >= 0.3 is 0 Å². The van der Waals surface area contributed by atoms with E-state index in [1.807, 2.05) is 6.92 Å². The molecular weight excluding hydrogens is 298 g/mol. The largest absolute Gasteiger partial charge is 0.336 e. The second kappa shape index (κ2) is 5.37. The molecule has 0 aromatic heterocycles. The maximum atomic E-state index is 12.5. The number of amides is 1. The lowest BCUT2D eigenvalue weighted by Gasteiger charge is -2.21. The number of benzene rings is 1. The molecule has 1 fully saturated rings. The van der Waals surface area contributed by atoms with Crippen LogP contribution in [0.15, 0.2) is 17.0 Å². The third-order valence-corrected chi connectivity index (χ3v) is 5.17. The quantitative estimate of drug-likeness (QED) is 0.803. The van der Waals surface area contributed by atoms with Crippen LogP contribution < -0.4 is 0 Å². The van der Waals surface area contributed by atoms with Crippen LogP contribution in [0.3, 0.4) is 0 Å². The molecule has 0 spiro atoms. The number of carbonyl (C=O) groups is 1. The van der Waals surface area contributed by atoms with E-state index in [1.54, 1.807) is 24.8 Å². The zero-order valence-electron chi connectivity index (χ0n) is 11.8. The van der Waals surface area contributed by atoms with E-state index in [9.17, 15) is 13.2 Å². The number of rotatable bonds is 4. The van der Waals surface area contributed by atoms with E-state index in [0.717, 1.165) is 18.4 Å². The minimum absolute atomic E-state index is 0.0226. The first kappa shape index (κ1) is 15.3. The molecule has 110 valence electrons. The van der Waals surface area contributed by atoms with E-state index >= 15 is 0 Å². The van der Waals surface area contributed by atoms with Crippen molar-refractivity contribution in [3.8, 4) is 0 Å². The van der Waals surface area contributed by atoms with E-state index in [4.69, 9.17) is 10.7 Å². The summed E-state index contributed by atoms with van der Waals surface area (Å²) in [6.07, 6.45) is 2.04. The number of halogens is 1. The Morgan fingerprint density at radius 1 is 1.35 bits per heavy atom. The Morgan fingerprint density at radius 2 is 1.95 bits per heavy atom. The SMILES string of the molecule is CCN(C(=O)c1cc(C)c(C)c(S(=O)(=O)Cl)c1)C1CC1. The summed E-state index contributed by atoms with van der Waals surface area (Å²) in [5.41, 5.74) is 1.73. The molecule has 0 N–H and O–H groups in total. The van der Waals surface area contributed by atoms with Crippen LogP contribution in [-0.4, -0.2) is 31.8 Å². The summed E-state index contributed by atoms with van der Waals surface area (Å²) in [5.74, 6) is -0.125. The van der Waals surface area contributed by atoms with Crippen molar-refractivity contribution in [2.45, 2.75) is 44.6 Å². The monoisotopic (exact) mass is 315 g/mol. The van der Waals surface area contributed by atoms with Crippen molar-refractivity contribution in [2.24, 2.45) is 0 Å². The minimum atomic E-state index is -3.85. The molecular formula is C14H18ClNO3S. The number of aryl methyl sites for hydroxylation is 1. The van der Waals surface area contributed by atoms with Crippen LogP contribution in [0.4, 0.5) is 0 Å². The highest BCUT2D eigenvalue weighted by Gasteiger charge is 2.32. The van der Waals surface area contributed by atoms with Gasteiger partial charge in [0, 0.05) is 28.8 Å². The van der Waals surface area contributed by atoms with E-state index in [0.29, 0.717) is 23.7 Å². The summed E-state index contributed by atoms with van der Waals surface area (Å²) >= 11 is 0. The first-order valence-electron chi connectivity index (χ1n) is 6.62. The second-order valence-electron chi connectivity index (χ2n) is 5.18. The van der Waals surface area contributed by atoms with Crippen LogP contribution in [-0.2, 0) is 9.05 Å². The zero-order valence-corrected chi connectivity index (χ0v) is 13.4. The summed E-state index contributed by atoms with van der Waals surface area (Å²) < 4.78 is 23.2. The lowest BCUT2D eigenvalue weighted by atomic mass is 10.1. The zero-order chi connectivity index (χ0) is 15.1. The van der Waals surface area contributed by atoms with Crippen molar-refractivity contribution in [2.75, 3.05) is 6.54 Å². The van der Waals surface area contributed by atoms with Gasteiger partial charge in [-0.05, 0) is 56.9 Å². The van der Waals surface area contributed by atoms with Gasteiger partial charge in [-0.1, -0.05) is 0 Å². The number of hydrogen-bond donors (Lipinski definition) is 0. The van der Waals surface area contributed by atoms with Crippen LogP contribution in [0, 0.1) is 13.8 Å². The molecule has 1 aromatic rings. The first-order valence-corrected chi connectivity index (χ1v) is 8.93. The molecule has 0 aliphatic heterocycles. The van der Waals surface area contributed by atoms with Gasteiger partial charge in [0.2, 0.25) is 0 Å². The van der Waals surface area contributed by atoms with Crippen LogP contribution in [0.25, 0.3) is 0 Å². The van der Waals surface area contributed by atoms with Gasteiger partial charge < -0.3 is 4.90 Å². The lowest BCUT2D eigenvalue weighted by molar-refractivity contribution is 0.0752. The average molecular weight is 316 g/mol. The van der Waals surface area contributed by atoms with Gasteiger partial charge in [0.15, 0.2) is 0 Å². The fourth-order valence-electron chi connectivity index (χ4n) is 2.32. The number of carbonyl (C=O) groups excluding carboxylic acids is 1. The second-order valence-corrected chi connectivity index (χ2v) is 7.71. The maximum Gasteiger partial charge on any atom is 0.261 e. The fraction of sp³-hybridized carbons (Fsp3) is 0.500. The van der Waals surface area contributed by atoms with E-state index < -0.39 is 9.05 Å². The molecule has 0 radical (unpaired) electrons. The Bertz CT molecular complexity index is 651. The van der Waals surface area contributed by atoms with Crippen LogP contribution in [0.5, 0.6) is 0 Å². The molecule has 2 rings (SSSR count). The van der Waals surface area contributed by atoms with Crippen molar-refractivity contribution in [3.05, 3.63) is 28.8 Å². The Labute approximate surface area is 124 Å². The molecule has 1 aromatic carbocycles. The molecule has 1 aliphatic rings. The Balaban J connectivity index is 2.47. The van der Waals surface area contributed by atoms with Gasteiger partial charge in [-0.15, -0.1) is 0 Å². The average Bonchev–Trinajstić information content (AvgIpc) is 3.16. The van der Waals surface area contributed by atoms with Crippen LogP contribution in [0.2, 0.25) is 0 Å². The summed E-state index contributed by atoms with van der Waals surface area (Å²) in [5, 5.41) is 0. The summed E-state index contributed by atoms with van der Waals surface area (Å²) in [6, 6.07) is 3.41. The smallest absolute Gasteiger partial charge is 0.261 e. The molecule has 0 saturated heterocycles. The van der Waals surface area contributed by atoms with Crippen molar-refractivity contribution in [3.63, 3.8) is 0 Å². The summed E-state index contributed by atoms with van der Waals surface area (Å²) in [7, 11) is 1.60. The molecule has 1 saturated carbocycles. The maximum absolute atomic E-state index is 12.5.